The number of hydrogen-bond acceptors (Lipinski definition) is 5. The summed E-state index contributed by atoms with van der Waals surface area (Å²) in [5, 5.41) is 3.58. The number of esters is 1. The van der Waals surface area contributed by atoms with Crippen LogP contribution >= 0.6 is 0 Å². The maximum atomic E-state index is 14.0. The minimum Gasteiger partial charge on any atom is -0.467 e. The van der Waals surface area contributed by atoms with E-state index in [1.165, 1.54) is 13.5 Å². The number of carbonyl (C=O) groups is 2. The zero-order chi connectivity index (χ0) is 29.0. The van der Waals surface area contributed by atoms with Crippen LogP contribution in [0.1, 0.15) is 68.9 Å². The lowest BCUT2D eigenvalue weighted by Crippen LogP contribution is -2.54. The summed E-state index contributed by atoms with van der Waals surface area (Å²) in [7, 11) is 1.39. The third kappa shape index (κ3) is 8.40. The zero-order valence-electron chi connectivity index (χ0n) is 24.6. The van der Waals surface area contributed by atoms with Crippen molar-refractivity contribution in [1.29, 1.82) is 0 Å². The fourth-order valence-electron chi connectivity index (χ4n) is 6.19. The molecule has 6 nitrogen and oxygen atoms in total. The highest BCUT2D eigenvalue weighted by molar-refractivity contribution is 5.88. The van der Waals surface area contributed by atoms with Crippen LogP contribution < -0.4 is 5.32 Å². The lowest BCUT2D eigenvalue weighted by Gasteiger charge is -2.34. The van der Waals surface area contributed by atoms with Crippen LogP contribution in [0.15, 0.2) is 67.8 Å². The Bertz CT molecular complexity index is 1170. The molecule has 1 N–H and O–H groups in total. The number of nitrogens with one attached hydrogen (secondary N) is 1. The quantitative estimate of drug-likeness (QED) is 0.162. The molecule has 220 valence electrons. The predicted octanol–water partition coefficient (Wildman–Crippen LogP) is 6.55. The van der Waals surface area contributed by atoms with E-state index >= 15 is 0 Å². The molecule has 2 aromatic carbocycles. The number of likely N-dealkylation sites (tertiary alicyclic amines) is 1. The smallest absolute Gasteiger partial charge is 0.328 e. The second kappa shape index (κ2) is 15.7. The lowest BCUT2D eigenvalue weighted by molar-refractivity contribution is -0.152. The molecular formula is C35H46N2O4. The number of nitrogens with zero attached hydrogens (tertiary/aromatic N) is 1. The molecule has 3 atom stereocenters. The highest BCUT2D eigenvalue weighted by atomic mass is 16.5. The molecule has 1 saturated heterocycles. The number of benzene rings is 2. The minimum absolute atomic E-state index is 0.00576. The number of amides is 1. The van der Waals surface area contributed by atoms with Gasteiger partial charge >= 0.3 is 5.97 Å². The van der Waals surface area contributed by atoms with Crippen LogP contribution in [-0.2, 0) is 25.7 Å². The normalized spacial score (nSPS) is 20.0. The molecule has 41 heavy (non-hydrogen) atoms. The van der Waals surface area contributed by atoms with E-state index < -0.39 is 6.04 Å². The van der Waals surface area contributed by atoms with Crippen molar-refractivity contribution in [3.8, 4) is 11.1 Å². The summed E-state index contributed by atoms with van der Waals surface area (Å²) in [6.45, 7) is 9.26. The summed E-state index contributed by atoms with van der Waals surface area (Å²) in [5.74, 6) is -0.0793. The van der Waals surface area contributed by atoms with E-state index in [1.807, 2.05) is 36.4 Å². The molecule has 1 aliphatic heterocycles. The van der Waals surface area contributed by atoms with E-state index in [4.69, 9.17) is 9.47 Å². The first-order valence-electron chi connectivity index (χ1n) is 15.2. The van der Waals surface area contributed by atoms with Gasteiger partial charge in [0.25, 0.3) is 0 Å². The molecule has 4 rings (SSSR count). The van der Waals surface area contributed by atoms with Gasteiger partial charge in [0.2, 0.25) is 5.91 Å². The van der Waals surface area contributed by atoms with Gasteiger partial charge in [-0.15, -0.1) is 6.58 Å². The average molecular weight is 559 g/mol. The lowest BCUT2D eigenvalue weighted by atomic mass is 9.83. The van der Waals surface area contributed by atoms with E-state index in [2.05, 4.69) is 42.7 Å². The Morgan fingerprint density at radius 2 is 1.80 bits per heavy atom. The summed E-state index contributed by atoms with van der Waals surface area (Å²) in [4.78, 5) is 28.6. The van der Waals surface area contributed by atoms with E-state index in [9.17, 15) is 9.59 Å². The first-order chi connectivity index (χ1) is 20.0. The fraction of sp³-hybridized carbons (Fsp3) is 0.486. The van der Waals surface area contributed by atoms with Crippen molar-refractivity contribution in [3.05, 3.63) is 78.9 Å². The highest BCUT2D eigenvalue weighted by Crippen LogP contribution is 2.31. The molecule has 0 bridgehead atoms. The van der Waals surface area contributed by atoms with Crippen molar-refractivity contribution in [1.82, 2.24) is 10.2 Å². The second-order valence-electron chi connectivity index (χ2n) is 11.3. The van der Waals surface area contributed by atoms with Crippen molar-refractivity contribution in [3.63, 3.8) is 0 Å². The summed E-state index contributed by atoms with van der Waals surface area (Å²) < 4.78 is 11.5. The van der Waals surface area contributed by atoms with Crippen molar-refractivity contribution in [2.24, 2.45) is 5.92 Å². The molecule has 2 aliphatic rings. The number of unbranched alkanes of at least 4 members (excludes halogenated alkanes) is 2. The summed E-state index contributed by atoms with van der Waals surface area (Å²) in [5.41, 5.74) is 4.36. The molecule has 0 unspecified atom stereocenters. The van der Waals surface area contributed by atoms with E-state index in [0.29, 0.717) is 19.6 Å². The minimum atomic E-state index is -0.626. The molecule has 0 aromatic heterocycles. The van der Waals surface area contributed by atoms with Crippen LogP contribution in [-0.4, -0.2) is 55.2 Å². The molecule has 1 saturated carbocycles. The Labute approximate surface area is 245 Å². The summed E-state index contributed by atoms with van der Waals surface area (Å²) >= 11 is 0. The van der Waals surface area contributed by atoms with Gasteiger partial charge in [0.1, 0.15) is 6.04 Å². The summed E-state index contributed by atoms with van der Waals surface area (Å²) in [6.07, 6.45) is 12.6. The number of carbonyl (C=O) groups excluding carboxylic acids is 2. The van der Waals surface area contributed by atoms with Gasteiger partial charge in [0.05, 0.1) is 25.9 Å². The molecule has 1 heterocycles. The van der Waals surface area contributed by atoms with Crippen LogP contribution in [0.25, 0.3) is 17.2 Å². The van der Waals surface area contributed by atoms with Gasteiger partial charge in [-0.05, 0) is 79.0 Å². The molecule has 0 radical (unpaired) electrons. The number of methoxy groups -OCH3 is 1. The van der Waals surface area contributed by atoms with Gasteiger partial charge in [-0.3, -0.25) is 4.79 Å². The van der Waals surface area contributed by atoms with E-state index in [0.717, 1.165) is 73.7 Å². The number of allylic oxidation sites excluding steroid dienone is 1. The number of ether oxygens (including phenoxy) is 2. The molecule has 0 spiro atoms. The predicted molar refractivity (Wildman–Crippen MR) is 165 cm³/mol. The molecule has 1 amide bonds. The first-order valence-corrected chi connectivity index (χ1v) is 15.2. The van der Waals surface area contributed by atoms with Crippen molar-refractivity contribution >= 4 is 18.0 Å². The van der Waals surface area contributed by atoms with Crippen molar-refractivity contribution in [2.45, 2.75) is 82.6 Å². The van der Waals surface area contributed by atoms with Crippen LogP contribution in [0.3, 0.4) is 0 Å². The first kappa shape index (κ1) is 30.7. The third-order valence-corrected chi connectivity index (χ3v) is 8.47. The van der Waals surface area contributed by atoms with Crippen LogP contribution in [0.5, 0.6) is 0 Å². The molecule has 6 heteroatoms. The maximum absolute atomic E-state index is 14.0. The molecule has 2 fully saturated rings. The SMILES string of the molecule is C=CCCCCN[C@H](C(=O)N1C[C@H](OCc2cccc(-c3cccc(C=C)c3)c2)C[C@H]1C(=O)OC)C1CCCCC1. The van der Waals surface area contributed by atoms with Gasteiger partial charge < -0.3 is 19.7 Å². The Morgan fingerprint density at radius 1 is 1.05 bits per heavy atom. The highest BCUT2D eigenvalue weighted by Gasteiger charge is 2.44. The Morgan fingerprint density at radius 3 is 2.54 bits per heavy atom. The third-order valence-electron chi connectivity index (χ3n) is 8.47. The molecule has 2 aromatic rings. The van der Waals surface area contributed by atoms with Gasteiger partial charge in [0.15, 0.2) is 0 Å². The largest absolute Gasteiger partial charge is 0.467 e. The van der Waals surface area contributed by atoms with Gasteiger partial charge in [-0.1, -0.05) is 74.4 Å². The maximum Gasteiger partial charge on any atom is 0.328 e. The number of rotatable bonds is 14. The Hall–Kier alpha value is -3.22. The van der Waals surface area contributed by atoms with E-state index in [-0.39, 0.29) is 29.9 Å². The number of hydrogen-bond donors (Lipinski definition) is 1. The molecule has 1 aliphatic carbocycles. The average Bonchev–Trinajstić information content (AvgIpc) is 3.46. The van der Waals surface area contributed by atoms with Crippen LogP contribution in [0, 0.1) is 5.92 Å². The van der Waals surface area contributed by atoms with Gasteiger partial charge in [-0.2, -0.15) is 0 Å². The topological polar surface area (TPSA) is 67.9 Å². The Balaban J connectivity index is 1.43. The fourth-order valence-corrected chi connectivity index (χ4v) is 6.19. The zero-order valence-corrected chi connectivity index (χ0v) is 24.6. The summed E-state index contributed by atoms with van der Waals surface area (Å²) in [6, 6.07) is 15.7. The standard InChI is InChI=1S/C35H46N2O4/c1-4-6-7-11-20-36-33(28-16-9-8-10-17-28)34(38)37-24-31(23-32(37)35(39)40-3)41-25-27-15-13-19-30(22-27)29-18-12-14-26(5-2)21-29/h4-5,12-15,18-19,21-22,28,31-33,36H,1-2,6-11,16-17,20,23-25H2,3H3/t31-,32+,33+/m1/s1. The van der Waals surface area contributed by atoms with Crippen molar-refractivity contribution in [2.75, 3.05) is 20.2 Å². The second-order valence-corrected chi connectivity index (χ2v) is 11.3. The van der Waals surface area contributed by atoms with Crippen LogP contribution in [0.2, 0.25) is 0 Å². The molecular weight excluding hydrogens is 512 g/mol. The van der Waals surface area contributed by atoms with Crippen molar-refractivity contribution < 1.29 is 19.1 Å². The van der Waals surface area contributed by atoms with Crippen LogP contribution in [0.4, 0.5) is 0 Å². The Kier molecular flexibility index (Phi) is 11.8. The van der Waals surface area contributed by atoms with E-state index in [1.54, 1.807) is 4.90 Å². The monoisotopic (exact) mass is 558 g/mol. The van der Waals surface area contributed by atoms with Gasteiger partial charge in [0, 0.05) is 13.0 Å². The van der Waals surface area contributed by atoms with Gasteiger partial charge in [-0.25, -0.2) is 4.79 Å².